The quantitative estimate of drug-likeness (QED) is 0.256. The monoisotopic (exact) mass is 352 g/mol. The van der Waals surface area contributed by atoms with E-state index in [2.05, 4.69) is 11.4 Å². The Morgan fingerprint density at radius 1 is 1.30 bits per heavy atom. The summed E-state index contributed by atoms with van der Waals surface area (Å²) < 4.78 is 21.5. The van der Waals surface area contributed by atoms with E-state index in [9.17, 15) is 9.36 Å². The molecule has 0 radical (unpaired) electrons. The molecule has 0 rings (SSSR count). The predicted molar refractivity (Wildman–Crippen MR) is 88.7 cm³/mol. The molecule has 0 aromatic carbocycles. The molecule has 0 heterocycles. The number of phosphoric acid groups is 1. The van der Waals surface area contributed by atoms with Crippen molar-refractivity contribution in [1.82, 2.24) is 0 Å². The number of carbonyl (C=O) groups is 1. The fraction of sp³-hybridized carbons (Fsp3) is 0.800. The SMILES string of the molecule is CC=CC(=O)OC(CCCC)CC(COP(=O)(O)O)[N+](C)(C)C. The predicted octanol–water partition coefficient (Wildman–Crippen LogP) is 2.24. The summed E-state index contributed by atoms with van der Waals surface area (Å²) in [6, 6.07) is -0.206. The van der Waals surface area contributed by atoms with Gasteiger partial charge in [-0.1, -0.05) is 25.8 Å². The molecule has 2 atom stereocenters. The van der Waals surface area contributed by atoms with E-state index >= 15 is 0 Å². The second-order valence-electron chi connectivity index (χ2n) is 6.49. The van der Waals surface area contributed by atoms with E-state index in [4.69, 9.17) is 14.5 Å². The van der Waals surface area contributed by atoms with Gasteiger partial charge in [0.15, 0.2) is 0 Å². The summed E-state index contributed by atoms with van der Waals surface area (Å²) in [5.41, 5.74) is 0. The maximum atomic E-state index is 11.7. The van der Waals surface area contributed by atoms with Gasteiger partial charge in [0.25, 0.3) is 0 Å². The van der Waals surface area contributed by atoms with Crippen LogP contribution in [-0.4, -0.2) is 60.1 Å². The van der Waals surface area contributed by atoms with Gasteiger partial charge in [-0.25, -0.2) is 9.36 Å². The minimum absolute atomic E-state index is 0.0996. The molecule has 0 bridgehead atoms. The van der Waals surface area contributed by atoms with Crippen LogP contribution in [0.25, 0.3) is 0 Å². The molecule has 0 saturated heterocycles. The van der Waals surface area contributed by atoms with E-state index < -0.39 is 13.8 Å². The summed E-state index contributed by atoms with van der Waals surface area (Å²) in [5, 5.41) is 0. The van der Waals surface area contributed by atoms with Gasteiger partial charge in [0.2, 0.25) is 0 Å². The standard InChI is InChI=1S/C15H30NO6P/c1-6-8-10-14(22-15(17)9-7-2)11-13(16(3,4)5)12-21-23(18,19)20/h7,9,13-14H,6,8,10-12H2,1-5H3,(H-,18,19,20)/p+1. The van der Waals surface area contributed by atoms with Crippen molar-refractivity contribution >= 4 is 13.8 Å². The number of ether oxygens (including phenoxy) is 1. The zero-order valence-electron chi connectivity index (χ0n) is 14.8. The van der Waals surface area contributed by atoms with Gasteiger partial charge in [-0.2, -0.15) is 0 Å². The van der Waals surface area contributed by atoms with Gasteiger partial charge in [0.05, 0.1) is 21.1 Å². The lowest BCUT2D eigenvalue weighted by Gasteiger charge is -2.35. The summed E-state index contributed by atoms with van der Waals surface area (Å²) in [6.45, 7) is 3.70. The maximum Gasteiger partial charge on any atom is 0.469 e. The van der Waals surface area contributed by atoms with E-state index in [-0.39, 0.29) is 18.8 Å². The molecule has 0 aromatic rings. The van der Waals surface area contributed by atoms with Crippen molar-refractivity contribution in [2.45, 2.75) is 51.7 Å². The van der Waals surface area contributed by atoms with Crippen molar-refractivity contribution in [3.8, 4) is 0 Å². The van der Waals surface area contributed by atoms with Gasteiger partial charge in [0.1, 0.15) is 18.8 Å². The highest BCUT2D eigenvalue weighted by Gasteiger charge is 2.31. The summed E-state index contributed by atoms with van der Waals surface area (Å²) in [6.07, 6.45) is 5.77. The normalized spacial score (nSPS) is 15.6. The largest absolute Gasteiger partial charge is 0.469 e. The van der Waals surface area contributed by atoms with Gasteiger partial charge in [0, 0.05) is 12.5 Å². The Hall–Kier alpha value is -0.720. The topological polar surface area (TPSA) is 93.1 Å². The van der Waals surface area contributed by atoms with Gasteiger partial charge in [-0.05, 0) is 13.3 Å². The average Bonchev–Trinajstić information content (AvgIpc) is 2.38. The number of unbranched alkanes of at least 4 members (excludes halogenated alkanes) is 1. The van der Waals surface area contributed by atoms with Crippen LogP contribution in [0.5, 0.6) is 0 Å². The molecule has 23 heavy (non-hydrogen) atoms. The minimum Gasteiger partial charge on any atom is -0.459 e. The third kappa shape index (κ3) is 11.5. The average molecular weight is 352 g/mol. The zero-order valence-corrected chi connectivity index (χ0v) is 15.7. The van der Waals surface area contributed by atoms with Gasteiger partial charge >= 0.3 is 13.8 Å². The molecule has 0 spiro atoms. The second-order valence-corrected chi connectivity index (χ2v) is 7.73. The summed E-state index contributed by atoms with van der Waals surface area (Å²) in [4.78, 5) is 29.5. The van der Waals surface area contributed by atoms with E-state index in [1.807, 2.05) is 21.1 Å². The summed E-state index contributed by atoms with van der Waals surface area (Å²) in [7, 11) is 1.22. The van der Waals surface area contributed by atoms with Gasteiger partial charge in [-0.15, -0.1) is 0 Å². The van der Waals surface area contributed by atoms with Crippen LogP contribution in [0, 0.1) is 0 Å². The molecule has 136 valence electrons. The number of rotatable bonds is 11. The minimum atomic E-state index is -4.52. The molecule has 0 fully saturated rings. The van der Waals surface area contributed by atoms with Crippen LogP contribution in [-0.2, 0) is 18.6 Å². The number of hydrogen-bond acceptors (Lipinski definition) is 4. The van der Waals surface area contributed by atoms with Gasteiger partial charge in [-0.3, -0.25) is 4.52 Å². The Balaban J connectivity index is 4.95. The van der Waals surface area contributed by atoms with Gasteiger partial charge < -0.3 is 19.0 Å². The first-order valence-electron chi connectivity index (χ1n) is 7.84. The van der Waals surface area contributed by atoms with Crippen LogP contribution in [0.3, 0.4) is 0 Å². The smallest absolute Gasteiger partial charge is 0.459 e. The van der Waals surface area contributed by atoms with Crippen LogP contribution in [0.15, 0.2) is 12.2 Å². The molecule has 2 unspecified atom stereocenters. The Morgan fingerprint density at radius 2 is 1.91 bits per heavy atom. The van der Waals surface area contributed by atoms with E-state index in [0.29, 0.717) is 17.3 Å². The maximum absolute atomic E-state index is 11.7. The van der Waals surface area contributed by atoms with Crippen molar-refractivity contribution < 1.29 is 32.9 Å². The summed E-state index contributed by atoms with van der Waals surface area (Å²) >= 11 is 0. The van der Waals surface area contributed by atoms with Crippen molar-refractivity contribution in [3.05, 3.63) is 12.2 Å². The van der Waals surface area contributed by atoms with Crippen molar-refractivity contribution in [3.63, 3.8) is 0 Å². The van der Waals surface area contributed by atoms with Crippen LogP contribution in [0.4, 0.5) is 0 Å². The molecule has 0 amide bonds. The van der Waals surface area contributed by atoms with Crippen LogP contribution in [0.1, 0.15) is 39.5 Å². The van der Waals surface area contributed by atoms with Crippen molar-refractivity contribution in [2.24, 2.45) is 0 Å². The molecule has 7 nitrogen and oxygen atoms in total. The van der Waals surface area contributed by atoms with E-state index in [1.54, 1.807) is 13.0 Å². The molecular weight excluding hydrogens is 321 g/mol. The van der Waals surface area contributed by atoms with Crippen LogP contribution < -0.4 is 0 Å². The first kappa shape index (κ1) is 22.3. The highest BCUT2D eigenvalue weighted by atomic mass is 31.2. The highest BCUT2D eigenvalue weighted by Crippen LogP contribution is 2.36. The number of nitrogens with zero attached hydrogens (tertiary/aromatic N) is 1. The Bertz CT molecular complexity index is 426. The van der Waals surface area contributed by atoms with E-state index in [1.165, 1.54) is 6.08 Å². The number of allylic oxidation sites excluding steroid dienone is 1. The fourth-order valence-corrected chi connectivity index (χ4v) is 2.46. The molecule has 8 heteroatoms. The lowest BCUT2D eigenvalue weighted by atomic mass is 10.0. The number of carbonyl (C=O) groups excluding carboxylic acids is 1. The molecule has 0 aliphatic carbocycles. The zero-order chi connectivity index (χ0) is 18.1. The number of hydrogen-bond donors (Lipinski definition) is 2. The van der Waals surface area contributed by atoms with Crippen molar-refractivity contribution in [1.29, 1.82) is 0 Å². The Kier molecular flexibility index (Phi) is 9.89. The van der Waals surface area contributed by atoms with Crippen LogP contribution >= 0.6 is 7.82 Å². The number of esters is 1. The molecular formula is C15H31NO6P+. The number of phosphoric ester groups is 1. The van der Waals surface area contributed by atoms with Crippen molar-refractivity contribution in [2.75, 3.05) is 27.7 Å². The summed E-state index contributed by atoms with van der Waals surface area (Å²) in [5.74, 6) is -0.398. The highest BCUT2D eigenvalue weighted by molar-refractivity contribution is 7.46. The molecule has 0 aliphatic rings. The second kappa shape index (κ2) is 10.2. The first-order chi connectivity index (χ1) is 10.5. The fourth-order valence-electron chi connectivity index (χ4n) is 2.09. The Morgan fingerprint density at radius 3 is 2.35 bits per heavy atom. The molecule has 0 aliphatic heterocycles. The molecule has 0 aromatic heterocycles. The number of likely N-dealkylation sites (N-methyl/N-ethyl adjacent to an activating group) is 1. The number of quaternary nitrogens is 1. The lowest BCUT2D eigenvalue weighted by Crippen LogP contribution is -2.49. The Labute approximate surface area is 139 Å². The molecule has 0 saturated carbocycles. The van der Waals surface area contributed by atoms with Crippen LogP contribution in [0.2, 0.25) is 0 Å². The third-order valence-corrected chi connectivity index (χ3v) is 4.02. The first-order valence-corrected chi connectivity index (χ1v) is 9.37. The van der Waals surface area contributed by atoms with E-state index in [0.717, 1.165) is 12.8 Å². The lowest BCUT2D eigenvalue weighted by molar-refractivity contribution is -0.897. The third-order valence-electron chi connectivity index (χ3n) is 3.53. The molecule has 2 N–H and O–H groups in total.